The van der Waals surface area contributed by atoms with Gasteiger partial charge in [-0.15, -0.1) is 0 Å². The number of methoxy groups -OCH3 is 1. The summed E-state index contributed by atoms with van der Waals surface area (Å²) < 4.78 is 12.0. The summed E-state index contributed by atoms with van der Waals surface area (Å²) in [4.78, 5) is 16.8. The summed E-state index contributed by atoms with van der Waals surface area (Å²) in [6.45, 7) is 4.47. The number of fused-ring (bicyclic) bond motifs is 1. The van der Waals surface area contributed by atoms with Crippen molar-refractivity contribution in [2.45, 2.75) is 20.0 Å². The van der Waals surface area contributed by atoms with Gasteiger partial charge in [0.1, 0.15) is 5.69 Å². The molecule has 0 aliphatic carbocycles. The van der Waals surface area contributed by atoms with Gasteiger partial charge >= 0.3 is 0 Å². The maximum absolute atomic E-state index is 12.4. The summed E-state index contributed by atoms with van der Waals surface area (Å²) in [6, 6.07) is 3.62. The van der Waals surface area contributed by atoms with E-state index in [0.717, 1.165) is 0 Å². The number of amides is 1. The van der Waals surface area contributed by atoms with Crippen LogP contribution in [0.25, 0.3) is 5.65 Å². The number of aliphatic hydroxyl groups excluding tert-OH is 1. The lowest BCUT2D eigenvalue weighted by atomic mass is 10.3. The third kappa shape index (κ3) is 3.37. The molecule has 2 aromatic heterocycles. The summed E-state index contributed by atoms with van der Waals surface area (Å²) in [6.07, 6.45) is 1.02. The summed E-state index contributed by atoms with van der Waals surface area (Å²) in [5, 5.41) is 12.3. The molecule has 2 rings (SSSR count). The van der Waals surface area contributed by atoms with Crippen molar-refractivity contribution in [2.24, 2.45) is 0 Å². The molecule has 1 amide bonds. The van der Waals surface area contributed by atoms with Gasteiger partial charge in [-0.25, -0.2) is 4.98 Å². The zero-order valence-corrected chi connectivity index (χ0v) is 13.0. The molecule has 0 bridgehead atoms. The fraction of sp³-hybridized carbons (Fsp3) is 0.467. The predicted octanol–water partition coefficient (Wildman–Crippen LogP) is 0.779. The predicted molar refractivity (Wildman–Crippen MR) is 81.3 cm³/mol. The SMILES string of the molecule is CCOc1cccn2c(C(=O)NCC(O)COC)c(C)nc12. The van der Waals surface area contributed by atoms with Gasteiger partial charge < -0.3 is 19.9 Å². The van der Waals surface area contributed by atoms with E-state index in [1.165, 1.54) is 7.11 Å². The number of imidazole rings is 1. The Morgan fingerprint density at radius 2 is 2.32 bits per heavy atom. The van der Waals surface area contributed by atoms with Crippen LogP contribution in [0.2, 0.25) is 0 Å². The second-order valence-corrected chi connectivity index (χ2v) is 4.86. The first kappa shape index (κ1) is 16.3. The van der Waals surface area contributed by atoms with Crippen LogP contribution in [-0.4, -0.2) is 53.4 Å². The van der Waals surface area contributed by atoms with Crippen molar-refractivity contribution < 1.29 is 19.4 Å². The average molecular weight is 307 g/mol. The van der Waals surface area contributed by atoms with Gasteiger partial charge in [0.15, 0.2) is 11.4 Å². The van der Waals surface area contributed by atoms with Crippen molar-refractivity contribution in [2.75, 3.05) is 26.9 Å². The maximum Gasteiger partial charge on any atom is 0.270 e. The van der Waals surface area contributed by atoms with Crippen molar-refractivity contribution in [3.8, 4) is 5.75 Å². The Balaban J connectivity index is 2.25. The number of nitrogens with one attached hydrogen (secondary N) is 1. The first-order valence-corrected chi connectivity index (χ1v) is 7.14. The van der Waals surface area contributed by atoms with Gasteiger partial charge in [-0.1, -0.05) is 0 Å². The van der Waals surface area contributed by atoms with Crippen molar-refractivity contribution >= 4 is 11.6 Å². The molecule has 0 saturated carbocycles. The number of hydrogen-bond donors (Lipinski definition) is 2. The number of hydrogen-bond acceptors (Lipinski definition) is 5. The molecule has 0 fully saturated rings. The standard InChI is InChI=1S/C15H21N3O4/c1-4-22-12-6-5-7-18-13(10(2)17-14(12)18)15(20)16-8-11(19)9-21-3/h5-7,11,19H,4,8-9H2,1-3H3,(H,16,20). The summed E-state index contributed by atoms with van der Waals surface area (Å²) in [5.74, 6) is 0.334. The van der Waals surface area contributed by atoms with Gasteiger partial charge in [0, 0.05) is 19.9 Å². The van der Waals surface area contributed by atoms with Crippen LogP contribution in [0.5, 0.6) is 5.75 Å². The number of aliphatic hydroxyl groups is 1. The van der Waals surface area contributed by atoms with Gasteiger partial charge in [-0.05, 0) is 26.0 Å². The molecule has 2 aromatic rings. The Morgan fingerprint density at radius 3 is 3.00 bits per heavy atom. The number of ether oxygens (including phenoxy) is 2. The second-order valence-electron chi connectivity index (χ2n) is 4.86. The average Bonchev–Trinajstić information content (AvgIpc) is 2.83. The zero-order chi connectivity index (χ0) is 16.1. The molecule has 7 heteroatoms. The molecule has 120 valence electrons. The van der Waals surface area contributed by atoms with Crippen LogP contribution in [0.4, 0.5) is 0 Å². The number of nitrogens with zero attached hydrogens (tertiary/aromatic N) is 2. The number of carbonyl (C=O) groups excluding carboxylic acids is 1. The summed E-state index contributed by atoms with van der Waals surface area (Å²) in [7, 11) is 1.49. The summed E-state index contributed by atoms with van der Waals surface area (Å²) in [5.41, 5.74) is 1.64. The minimum atomic E-state index is -0.743. The lowest BCUT2D eigenvalue weighted by Crippen LogP contribution is -2.35. The molecule has 0 radical (unpaired) electrons. The highest BCUT2D eigenvalue weighted by Gasteiger charge is 2.19. The van der Waals surface area contributed by atoms with Crippen LogP contribution >= 0.6 is 0 Å². The Hall–Kier alpha value is -2.12. The lowest BCUT2D eigenvalue weighted by Gasteiger charge is -2.11. The highest BCUT2D eigenvalue weighted by atomic mass is 16.5. The molecule has 1 unspecified atom stereocenters. The molecule has 0 spiro atoms. The molecule has 22 heavy (non-hydrogen) atoms. The van der Waals surface area contributed by atoms with E-state index in [-0.39, 0.29) is 19.1 Å². The number of aryl methyl sites for hydroxylation is 1. The Morgan fingerprint density at radius 1 is 1.55 bits per heavy atom. The fourth-order valence-corrected chi connectivity index (χ4v) is 2.24. The highest BCUT2D eigenvalue weighted by Crippen LogP contribution is 2.21. The normalized spacial score (nSPS) is 12.4. The van der Waals surface area contributed by atoms with Crippen LogP contribution in [0.1, 0.15) is 23.1 Å². The molecule has 2 N–H and O–H groups in total. The first-order valence-electron chi connectivity index (χ1n) is 7.14. The zero-order valence-electron chi connectivity index (χ0n) is 13.0. The van der Waals surface area contributed by atoms with Gasteiger partial charge in [0.05, 0.1) is 25.0 Å². The Kier molecular flexibility index (Phi) is 5.35. The maximum atomic E-state index is 12.4. The van der Waals surface area contributed by atoms with Crippen molar-refractivity contribution in [1.82, 2.24) is 14.7 Å². The number of carbonyl (C=O) groups is 1. The number of pyridine rings is 1. The third-order valence-corrected chi connectivity index (χ3v) is 3.16. The number of rotatable bonds is 7. The smallest absolute Gasteiger partial charge is 0.270 e. The monoisotopic (exact) mass is 307 g/mol. The van der Waals surface area contributed by atoms with E-state index in [1.54, 1.807) is 23.6 Å². The molecule has 0 aliphatic heterocycles. The lowest BCUT2D eigenvalue weighted by molar-refractivity contribution is 0.0608. The van der Waals surface area contributed by atoms with Crippen LogP contribution in [0.3, 0.4) is 0 Å². The van der Waals surface area contributed by atoms with Crippen LogP contribution < -0.4 is 10.1 Å². The number of aromatic nitrogens is 2. The molecule has 7 nitrogen and oxygen atoms in total. The van der Waals surface area contributed by atoms with E-state index >= 15 is 0 Å². The van der Waals surface area contributed by atoms with Crippen LogP contribution in [0, 0.1) is 6.92 Å². The molecular weight excluding hydrogens is 286 g/mol. The van der Waals surface area contributed by atoms with E-state index in [9.17, 15) is 9.90 Å². The Labute approximate surface area is 128 Å². The van der Waals surface area contributed by atoms with Crippen LogP contribution in [0.15, 0.2) is 18.3 Å². The second kappa shape index (κ2) is 7.24. The van der Waals surface area contributed by atoms with E-state index in [1.807, 2.05) is 13.0 Å². The van der Waals surface area contributed by atoms with Gasteiger partial charge in [-0.2, -0.15) is 0 Å². The largest absolute Gasteiger partial charge is 0.490 e. The summed E-state index contributed by atoms with van der Waals surface area (Å²) >= 11 is 0. The first-order chi connectivity index (χ1) is 10.6. The van der Waals surface area contributed by atoms with Crippen LogP contribution in [-0.2, 0) is 4.74 Å². The fourth-order valence-electron chi connectivity index (χ4n) is 2.24. The van der Waals surface area contributed by atoms with E-state index < -0.39 is 6.10 Å². The van der Waals surface area contributed by atoms with Crippen molar-refractivity contribution in [1.29, 1.82) is 0 Å². The molecular formula is C15H21N3O4. The van der Waals surface area contributed by atoms with E-state index in [4.69, 9.17) is 9.47 Å². The Bertz CT molecular complexity index is 654. The molecule has 0 saturated heterocycles. The van der Waals surface area contributed by atoms with E-state index in [0.29, 0.717) is 29.4 Å². The van der Waals surface area contributed by atoms with Gasteiger partial charge in [0.2, 0.25) is 0 Å². The topological polar surface area (TPSA) is 85.1 Å². The molecule has 1 atom stereocenters. The van der Waals surface area contributed by atoms with E-state index in [2.05, 4.69) is 10.3 Å². The molecule has 2 heterocycles. The molecule has 0 aromatic carbocycles. The minimum Gasteiger partial charge on any atom is -0.490 e. The quantitative estimate of drug-likeness (QED) is 0.789. The third-order valence-electron chi connectivity index (χ3n) is 3.16. The highest BCUT2D eigenvalue weighted by molar-refractivity contribution is 5.95. The van der Waals surface area contributed by atoms with Crippen molar-refractivity contribution in [3.63, 3.8) is 0 Å². The minimum absolute atomic E-state index is 0.116. The van der Waals surface area contributed by atoms with Gasteiger partial charge in [-0.3, -0.25) is 9.20 Å². The molecule has 0 aliphatic rings. The van der Waals surface area contributed by atoms with Crippen molar-refractivity contribution in [3.05, 3.63) is 29.7 Å². The van der Waals surface area contributed by atoms with Gasteiger partial charge in [0.25, 0.3) is 5.91 Å².